The first-order valence-electron chi connectivity index (χ1n) is 17.9. The SMILES string of the molecule is COc1ccc(OC)c(C=Cc2ccc(N3C(=O)[C@H]4[C@H](CC=C5[C@H](c6ccc(OCc7ccccc7)cc6O)C6=C(C[C@H]54)C(=O)C(Br)=CC6=O)C3=O)cc2)c1. The lowest BCUT2D eigenvalue weighted by molar-refractivity contribution is -0.123. The second kappa shape index (κ2) is 14.7. The fourth-order valence-corrected chi connectivity index (χ4v) is 8.75. The molecule has 0 spiro atoms. The minimum atomic E-state index is -0.794. The molecule has 9 nitrogen and oxygen atoms in total. The number of imide groups is 1. The molecule has 4 aromatic carbocycles. The maximum Gasteiger partial charge on any atom is 0.238 e. The van der Waals surface area contributed by atoms with Gasteiger partial charge in [0.05, 0.1) is 36.2 Å². The Balaban J connectivity index is 1.09. The zero-order valence-electron chi connectivity index (χ0n) is 30.0. The lowest BCUT2D eigenvalue weighted by Crippen LogP contribution is -2.39. The minimum absolute atomic E-state index is 0.102. The van der Waals surface area contributed by atoms with E-state index in [0.717, 1.165) is 22.3 Å². The molecule has 1 fully saturated rings. The van der Waals surface area contributed by atoms with Gasteiger partial charge < -0.3 is 19.3 Å². The highest BCUT2D eigenvalue weighted by Gasteiger charge is 2.57. The zero-order valence-corrected chi connectivity index (χ0v) is 31.6. The van der Waals surface area contributed by atoms with E-state index in [2.05, 4.69) is 15.9 Å². The number of benzene rings is 4. The molecule has 4 aliphatic rings. The lowest BCUT2D eigenvalue weighted by Gasteiger charge is -2.42. The van der Waals surface area contributed by atoms with Crippen molar-refractivity contribution in [3.05, 3.63) is 147 Å². The Bertz CT molecular complexity index is 2380. The normalized spacial score (nSPS) is 21.9. The monoisotopic (exact) mass is 797 g/mol. The van der Waals surface area contributed by atoms with Gasteiger partial charge in [0, 0.05) is 40.3 Å². The third-order valence-corrected chi connectivity index (χ3v) is 11.5. The van der Waals surface area contributed by atoms with Crippen LogP contribution in [-0.4, -0.2) is 42.7 Å². The Kier molecular flexibility index (Phi) is 9.61. The fourth-order valence-electron chi connectivity index (χ4n) is 8.30. The van der Waals surface area contributed by atoms with E-state index >= 15 is 0 Å². The molecule has 10 heteroatoms. The van der Waals surface area contributed by atoms with Crippen molar-refractivity contribution in [1.29, 1.82) is 0 Å². The Morgan fingerprint density at radius 2 is 1.60 bits per heavy atom. The third-order valence-electron chi connectivity index (χ3n) is 10.9. The molecular weight excluding hydrogens is 762 g/mol. The van der Waals surface area contributed by atoms with Gasteiger partial charge in [0.2, 0.25) is 11.8 Å². The highest BCUT2D eigenvalue weighted by molar-refractivity contribution is 9.12. The van der Waals surface area contributed by atoms with Gasteiger partial charge in [0.25, 0.3) is 0 Å². The van der Waals surface area contributed by atoms with Crippen LogP contribution in [0.25, 0.3) is 12.2 Å². The number of carbonyl (C=O) groups is 4. The number of phenols is 1. The molecule has 55 heavy (non-hydrogen) atoms. The molecule has 8 rings (SSSR count). The van der Waals surface area contributed by atoms with Gasteiger partial charge in [0.1, 0.15) is 29.6 Å². The van der Waals surface area contributed by atoms with E-state index in [1.807, 2.05) is 78.9 Å². The van der Waals surface area contributed by atoms with Crippen molar-refractivity contribution < 1.29 is 38.5 Å². The predicted molar refractivity (Wildman–Crippen MR) is 211 cm³/mol. The van der Waals surface area contributed by atoms with Crippen molar-refractivity contribution in [3.63, 3.8) is 0 Å². The van der Waals surface area contributed by atoms with E-state index in [4.69, 9.17) is 14.2 Å². The first-order valence-corrected chi connectivity index (χ1v) is 18.7. The molecule has 0 bridgehead atoms. The topological polar surface area (TPSA) is 119 Å². The van der Waals surface area contributed by atoms with Gasteiger partial charge in [-0.15, -0.1) is 0 Å². The van der Waals surface area contributed by atoms with Crippen molar-refractivity contribution >= 4 is 57.2 Å². The van der Waals surface area contributed by atoms with E-state index in [0.29, 0.717) is 40.7 Å². The standard InChI is InChI=1S/C45H36BrNO8/c1-53-29-15-19-39(54-2)27(20-29)11-8-25-9-12-28(13-10-25)47-44(51)33-18-17-31-34(41(33)45(47)52)22-35-42(38(49)23-36(46)43(35)50)40(31)32-16-14-30(21-37(32)48)55-24-26-6-4-3-5-7-26/h3-17,19-21,23,33-34,40-41,48H,18,22,24H2,1-2H3/t33-,34+,40+,41-/m0/s1. The van der Waals surface area contributed by atoms with Crippen molar-refractivity contribution in [2.24, 2.45) is 17.8 Å². The number of anilines is 1. The number of aromatic hydroxyl groups is 1. The average Bonchev–Trinajstić information content (AvgIpc) is 3.47. The highest BCUT2D eigenvalue weighted by atomic mass is 79.9. The van der Waals surface area contributed by atoms with E-state index in [1.54, 1.807) is 38.5 Å². The number of allylic oxidation sites excluding steroid dienone is 6. The number of nitrogens with zero attached hydrogens (tertiary/aromatic N) is 1. The van der Waals surface area contributed by atoms with Gasteiger partial charge >= 0.3 is 0 Å². The molecule has 1 N–H and O–H groups in total. The summed E-state index contributed by atoms with van der Waals surface area (Å²) < 4.78 is 16.9. The van der Waals surface area contributed by atoms with Crippen molar-refractivity contribution in [2.45, 2.75) is 25.4 Å². The van der Waals surface area contributed by atoms with Crippen LogP contribution >= 0.6 is 15.9 Å². The first kappa shape index (κ1) is 36.0. The molecular formula is C45H36BrNO8. The minimum Gasteiger partial charge on any atom is -0.507 e. The second-order valence-corrected chi connectivity index (χ2v) is 14.8. The maximum atomic E-state index is 14.4. The van der Waals surface area contributed by atoms with Crippen LogP contribution in [0.2, 0.25) is 0 Å². The molecule has 2 amide bonds. The number of hydrogen-bond donors (Lipinski definition) is 1. The number of halogens is 1. The summed E-state index contributed by atoms with van der Waals surface area (Å²) in [4.78, 5) is 57.1. The average molecular weight is 799 g/mol. The lowest BCUT2D eigenvalue weighted by atomic mass is 9.59. The van der Waals surface area contributed by atoms with E-state index in [9.17, 15) is 24.3 Å². The molecule has 1 heterocycles. The van der Waals surface area contributed by atoms with Crippen molar-refractivity contribution in [2.75, 3.05) is 19.1 Å². The quantitative estimate of drug-likeness (QED) is 0.0781. The number of phenolic OH excluding ortho intramolecular Hbond substituents is 1. The highest BCUT2D eigenvalue weighted by Crippen LogP contribution is 2.56. The van der Waals surface area contributed by atoms with Crippen LogP contribution in [-0.2, 0) is 25.8 Å². The summed E-state index contributed by atoms with van der Waals surface area (Å²) >= 11 is 3.27. The van der Waals surface area contributed by atoms with Crippen LogP contribution in [0.15, 0.2) is 124 Å². The Morgan fingerprint density at radius 3 is 2.33 bits per heavy atom. The largest absolute Gasteiger partial charge is 0.507 e. The summed E-state index contributed by atoms with van der Waals surface area (Å²) in [5, 5.41) is 11.5. The van der Waals surface area contributed by atoms with Gasteiger partial charge in [0.15, 0.2) is 11.6 Å². The Labute approximate surface area is 326 Å². The number of ether oxygens (including phenoxy) is 3. The summed E-state index contributed by atoms with van der Waals surface area (Å²) in [6.45, 7) is 0.297. The molecule has 0 saturated carbocycles. The van der Waals surface area contributed by atoms with Crippen molar-refractivity contribution in [1.82, 2.24) is 0 Å². The number of hydrogen-bond acceptors (Lipinski definition) is 8. The zero-order chi connectivity index (χ0) is 38.4. The number of carbonyl (C=O) groups excluding carboxylic acids is 4. The van der Waals surface area contributed by atoms with Gasteiger partial charge in [-0.05, 0) is 82.2 Å². The molecule has 0 radical (unpaired) electrons. The number of ketones is 2. The number of rotatable bonds is 9. The van der Waals surface area contributed by atoms with Gasteiger partial charge in [-0.1, -0.05) is 72.3 Å². The number of methoxy groups -OCH3 is 2. The first-order chi connectivity index (χ1) is 26.7. The van der Waals surface area contributed by atoms with E-state index < -0.39 is 23.7 Å². The third kappa shape index (κ3) is 6.50. The van der Waals surface area contributed by atoms with Crippen LogP contribution < -0.4 is 19.1 Å². The summed E-state index contributed by atoms with van der Waals surface area (Å²) in [6, 6.07) is 27.3. The van der Waals surface area contributed by atoms with Gasteiger partial charge in [-0.3, -0.25) is 24.1 Å². The van der Waals surface area contributed by atoms with Crippen LogP contribution in [0, 0.1) is 17.8 Å². The molecule has 3 aliphatic carbocycles. The Morgan fingerprint density at radius 1 is 0.836 bits per heavy atom. The summed E-state index contributed by atoms with van der Waals surface area (Å²) in [6.07, 6.45) is 7.41. The summed E-state index contributed by atoms with van der Waals surface area (Å²) in [5.41, 5.74) is 4.83. The predicted octanol–water partition coefficient (Wildman–Crippen LogP) is 8.13. The van der Waals surface area contributed by atoms with E-state index in [-0.39, 0.29) is 52.0 Å². The summed E-state index contributed by atoms with van der Waals surface area (Å²) in [5.74, 6) is -2.36. The second-order valence-electron chi connectivity index (χ2n) is 13.9. The molecule has 4 atom stereocenters. The smallest absolute Gasteiger partial charge is 0.238 e. The number of fused-ring (bicyclic) bond motifs is 3. The molecule has 0 aromatic heterocycles. The molecule has 0 unspecified atom stereocenters. The molecule has 276 valence electrons. The summed E-state index contributed by atoms with van der Waals surface area (Å²) in [7, 11) is 3.20. The van der Waals surface area contributed by atoms with Gasteiger partial charge in [-0.2, -0.15) is 0 Å². The molecule has 4 aromatic rings. The van der Waals surface area contributed by atoms with Gasteiger partial charge in [-0.25, -0.2) is 0 Å². The molecule has 1 aliphatic heterocycles. The molecule has 1 saturated heterocycles. The van der Waals surface area contributed by atoms with Crippen LogP contribution in [0.1, 0.15) is 41.0 Å². The van der Waals surface area contributed by atoms with Crippen LogP contribution in [0.3, 0.4) is 0 Å². The fraction of sp³-hybridized carbons (Fsp3) is 0.200. The van der Waals surface area contributed by atoms with Crippen LogP contribution in [0.4, 0.5) is 5.69 Å². The maximum absolute atomic E-state index is 14.4. The Hall–Kier alpha value is -6.00. The van der Waals surface area contributed by atoms with E-state index in [1.165, 1.54) is 17.0 Å². The van der Waals surface area contributed by atoms with Crippen LogP contribution in [0.5, 0.6) is 23.0 Å². The number of amides is 2. The number of Topliss-reactive ketones (excluding diaryl/α,β-unsaturated/α-hetero) is 1. The van der Waals surface area contributed by atoms with Crippen molar-refractivity contribution in [3.8, 4) is 23.0 Å².